The first-order valence-electron chi connectivity index (χ1n) is 8.31. The van der Waals surface area contributed by atoms with E-state index in [4.69, 9.17) is 11.6 Å². The number of nitro benzene ring substituents is 1. The molecule has 0 aliphatic rings. The van der Waals surface area contributed by atoms with Crippen LogP contribution in [0.5, 0.6) is 5.75 Å². The topological polar surface area (TPSA) is 161 Å². The summed E-state index contributed by atoms with van der Waals surface area (Å²) < 4.78 is 28.8. The number of nitrogens with two attached hydrogens (primary N) is 1. The lowest BCUT2D eigenvalue weighted by molar-refractivity contribution is -0.384. The molecule has 3 aromatic rings. The summed E-state index contributed by atoms with van der Waals surface area (Å²) in [5, 5.41) is 32.0. The zero-order valence-corrected chi connectivity index (χ0v) is 16.7. The molecule has 1 heterocycles. The highest BCUT2D eigenvalue weighted by atomic mass is 35.5. The van der Waals surface area contributed by atoms with Crippen molar-refractivity contribution in [2.24, 2.45) is 5.73 Å². The molecular weight excluding hydrogens is 442 g/mol. The second-order valence-corrected chi connectivity index (χ2v) is 6.17. The minimum atomic E-state index is -1.69. The van der Waals surface area contributed by atoms with Crippen molar-refractivity contribution < 1.29 is 28.7 Å². The summed E-state index contributed by atoms with van der Waals surface area (Å²) in [6.45, 7) is 0. The molecule has 0 saturated heterocycles. The van der Waals surface area contributed by atoms with Crippen molar-refractivity contribution in [3.05, 3.63) is 67.0 Å². The number of hydrogen-bond acceptors (Lipinski definition) is 7. The summed E-state index contributed by atoms with van der Waals surface area (Å²) >= 11 is 6.19. The third-order valence-corrected chi connectivity index (χ3v) is 4.53. The van der Waals surface area contributed by atoms with Gasteiger partial charge in [-0.3, -0.25) is 14.9 Å². The Balaban J connectivity index is 0.00000166. The number of nitrogens with one attached hydrogen (secondary N) is 1. The number of hydrogen-bond donors (Lipinski definition) is 4. The first-order chi connectivity index (χ1) is 14.6. The number of nitro groups is 1. The Morgan fingerprint density at radius 3 is 2.39 bits per heavy atom. The van der Waals surface area contributed by atoms with Gasteiger partial charge in [0.05, 0.1) is 32.6 Å². The second-order valence-electron chi connectivity index (χ2n) is 5.79. The number of aromatic nitrogens is 1. The van der Waals surface area contributed by atoms with Gasteiger partial charge in [-0.2, -0.15) is 0 Å². The number of rotatable bonds is 4. The SMILES string of the molecule is CN.CNc1c(F)cc2c(=O)c(C(=O)O)cn(-c3cc(O)c(F)cc3[N+](=O)[O-])c2c1Cl. The zero-order valence-electron chi connectivity index (χ0n) is 15.9. The van der Waals surface area contributed by atoms with E-state index in [2.05, 4.69) is 11.1 Å². The van der Waals surface area contributed by atoms with Crippen LogP contribution < -0.4 is 16.5 Å². The molecule has 10 nitrogen and oxygen atoms in total. The molecule has 0 saturated carbocycles. The summed E-state index contributed by atoms with van der Waals surface area (Å²) in [5.41, 5.74) is 0.695. The monoisotopic (exact) mass is 456 g/mol. The minimum absolute atomic E-state index is 0.260. The van der Waals surface area contributed by atoms with Crippen LogP contribution in [0.15, 0.2) is 29.2 Å². The van der Waals surface area contributed by atoms with Gasteiger partial charge >= 0.3 is 5.97 Å². The molecule has 31 heavy (non-hydrogen) atoms. The molecule has 0 aliphatic carbocycles. The lowest BCUT2D eigenvalue weighted by Crippen LogP contribution is -2.19. The molecule has 13 heteroatoms. The van der Waals surface area contributed by atoms with E-state index in [0.29, 0.717) is 12.1 Å². The van der Waals surface area contributed by atoms with E-state index in [-0.39, 0.29) is 16.2 Å². The van der Waals surface area contributed by atoms with Crippen molar-refractivity contribution in [1.29, 1.82) is 0 Å². The highest BCUT2D eigenvalue weighted by molar-refractivity contribution is 6.38. The number of halogens is 3. The van der Waals surface area contributed by atoms with Crippen LogP contribution in [0.4, 0.5) is 20.2 Å². The van der Waals surface area contributed by atoms with Crippen LogP contribution in [0.1, 0.15) is 10.4 Å². The van der Waals surface area contributed by atoms with E-state index in [1.54, 1.807) is 0 Å². The molecule has 0 radical (unpaired) electrons. The summed E-state index contributed by atoms with van der Waals surface area (Å²) in [7, 11) is 2.83. The van der Waals surface area contributed by atoms with Crippen LogP contribution >= 0.6 is 11.6 Å². The standard InChI is InChI=1S/C17H10ClF2N3O6.CH5N/c1-21-14-9(20)2-6-15(13(14)18)22(5-7(16(6)25)17(26)27)10-4-12(24)8(19)3-11(10)23(28)29;1-2/h2-5,21,24H,1H3,(H,26,27);2H2,1H3. The van der Waals surface area contributed by atoms with Crippen molar-refractivity contribution in [2.75, 3.05) is 19.4 Å². The van der Waals surface area contributed by atoms with Crippen molar-refractivity contribution in [3.63, 3.8) is 0 Å². The molecule has 0 fully saturated rings. The maximum atomic E-state index is 14.3. The largest absolute Gasteiger partial charge is 0.505 e. The summed E-state index contributed by atoms with van der Waals surface area (Å²) in [4.78, 5) is 34.4. The number of nitrogens with zero attached hydrogens (tertiary/aromatic N) is 2. The number of carboxylic acid groups (broad SMARTS) is 1. The maximum absolute atomic E-state index is 14.3. The smallest absolute Gasteiger partial charge is 0.341 e. The molecule has 0 amide bonds. The minimum Gasteiger partial charge on any atom is -0.505 e. The van der Waals surface area contributed by atoms with E-state index in [9.17, 15) is 38.7 Å². The molecule has 0 spiro atoms. The molecule has 2 aromatic carbocycles. The summed E-state index contributed by atoms with van der Waals surface area (Å²) in [6, 6.07) is 1.82. The number of benzene rings is 2. The number of aromatic carboxylic acids is 1. The third kappa shape index (κ3) is 3.98. The number of pyridine rings is 1. The second kappa shape index (κ2) is 8.93. The van der Waals surface area contributed by atoms with E-state index in [1.165, 1.54) is 14.1 Å². The summed E-state index contributed by atoms with van der Waals surface area (Å²) in [6.07, 6.45) is 0.732. The van der Waals surface area contributed by atoms with Crippen LogP contribution in [-0.4, -0.2) is 39.8 Å². The van der Waals surface area contributed by atoms with Gasteiger partial charge in [0.1, 0.15) is 17.1 Å². The van der Waals surface area contributed by atoms with Gasteiger partial charge in [0.15, 0.2) is 11.6 Å². The van der Waals surface area contributed by atoms with Gasteiger partial charge < -0.3 is 25.8 Å². The number of carboxylic acids is 1. The number of anilines is 1. The van der Waals surface area contributed by atoms with Crippen molar-refractivity contribution >= 4 is 39.8 Å². The van der Waals surface area contributed by atoms with Crippen LogP contribution in [0.2, 0.25) is 5.02 Å². The van der Waals surface area contributed by atoms with E-state index >= 15 is 0 Å². The predicted octanol–water partition coefficient (Wildman–Crippen LogP) is 2.85. The average molecular weight is 457 g/mol. The fourth-order valence-corrected chi connectivity index (χ4v) is 3.24. The normalized spacial score (nSPS) is 10.4. The fraction of sp³-hybridized carbons (Fsp3) is 0.111. The van der Waals surface area contributed by atoms with Gasteiger partial charge in [0, 0.05) is 19.3 Å². The molecule has 0 unspecified atom stereocenters. The molecule has 0 bridgehead atoms. The number of carbonyl (C=O) groups is 1. The molecular formula is C18H15ClF2N4O6. The van der Waals surface area contributed by atoms with E-state index < -0.39 is 56.0 Å². The van der Waals surface area contributed by atoms with Gasteiger partial charge in [-0.1, -0.05) is 11.6 Å². The van der Waals surface area contributed by atoms with Crippen LogP contribution in [0.3, 0.4) is 0 Å². The number of phenolic OH excluding ortho intramolecular Hbond substituents is 1. The van der Waals surface area contributed by atoms with Crippen LogP contribution in [0.25, 0.3) is 16.6 Å². The Morgan fingerprint density at radius 2 is 1.87 bits per heavy atom. The third-order valence-electron chi connectivity index (χ3n) is 4.16. The molecule has 164 valence electrons. The van der Waals surface area contributed by atoms with Crippen molar-refractivity contribution in [3.8, 4) is 11.4 Å². The van der Waals surface area contributed by atoms with Crippen LogP contribution in [-0.2, 0) is 0 Å². The Labute approximate surface area is 177 Å². The Hall–Kier alpha value is -3.77. The lowest BCUT2D eigenvalue weighted by Gasteiger charge is -2.16. The van der Waals surface area contributed by atoms with E-state index in [0.717, 1.165) is 16.8 Å². The molecule has 5 N–H and O–H groups in total. The fourth-order valence-electron chi connectivity index (χ4n) is 2.87. The van der Waals surface area contributed by atoms with E-state index in [1.807, 2.05) is 0 Å². The number of fused-ring (bicyclic) bond motifs is 1. The molecule has 0 aliphatic heterocycles. The maximum Gasteiger partial charge on any atom is 0.341 e. The van der Waals surface area contributed by atoms with Gasteiger partial charge in [0.2, 0.25) is 5.43 Å². The van der Waals surface area contributed by atoms with Gasteiger partial charge in [0.25, 0.3) is 5.69 Å². The average Bonchev–Trinajstić information content (AvgIpc) is 2.72. The quantitative estimate of drug-likeness (QED) is 0.344. The number of aromatic hydroxyl groups is 1. The van der Waals surface area contributed by atoms with Crippen LogP contribution in [0, 0.1) is 21.7 Å². The van der Waals surface area contributed by atoms with Gasteiger partial charge in [-0.15, -0.1) is 0 Å². The highest BCUT2D eigenvalue weighted by Crippen LogP contribution is 2.37. The molecule has 0 atom stereocenters. The first-order valence-corrected chi connectivity index (χ1v) is 8.69. The Kier molecular flexibility index (Phi) is 6.78. The summed E-state index contributed by atoms with van der Waals surface area (Å²) in [5.74, 6) is -4.92. The van der Waals surface area contributed by atoms with Crippen molar-refractivity contribution in [2.45, 2.75) is 0 Å². The van der Waals surface area contributed by atoms with Gasteiger partial charge in [-0.25, -0.2) is 13.6 Å². The first kappa shape index (κ1) is 23.5. The van der Waals surface area contributed by atoms with Crippen molar-refractivity contribution in [1.82, 2.24) is 4.57 Å². The van der Waals surface area contributed by atoms with Gasteiger partial charge in [-0.05, 0) is 13.1 Å². The molecule has 1 aromatic heterocycles. The Bertz CT molecular complexity index is 1280. The zero-order chi connectivity index (χ0) is 23.6. The highest BCUT2D eigenvalue weighted by Gasteiger charge is 2.26. The Morgan fingerprint density at radius 1 is 1.26 bits per heavy atom. The molecule has 3 rings (SSSR count). The predicted molar refractivity (Wildman–Crippen MR) is 109 cm³/mol. The lowest BCUT2D eigenvalue weighted by atomic mass is 10.1. The number of phenols is 1.